The Balaban J connectivity index is 1.40. The van der Waals surface area contributed by atoms with Gasteiger partial charge in [-0.3, -0.25) is 9.80 Å². The van der Waals surface area contributed by atoms with Gasteiger partial charge in [0, 0.05) is 6.54 Å². The highest BCUT2D eigenvalue weighted by molar-refractivity contribution is 5.47. The van der Waals surface area contributed by atoms with Crippen LogP contribution in [0.1, 0.15) is 127 Å². The summed E-state index contributed by atoms with van der Waals surface area (Å²) in [5.41, 5.74) is 0. The van der Waals surface area contributed by atoms with Gasteiger partial charge in [0.05, 0.1) is 26.4 Å². The highest BCUT2D eigenvalue weighted by Gasteiger charge is 2.48. The summed E-state index contributed by atoms with van der Waals surface area (Å²) in [4.78, 5) is 18.7. The number of rotatable bonds is 18. The lowest BCUT2D eigenvalue weighted by atomic mass is 10.1. The Labute approximate surface area is 293 Å². The smallest absolute Gasteiger partial charge is 0.236 e. The van der Waals surface area contributed by atoms with E-state index in [1.54, 1.807) is 0 Å². The molecule has 280 valence electrons. The standard InChI is InChI=1S/C35H62N6O8/c1-10-11-12-13-14-15-16-17-18-19-20-36-29-37-30(40(25-21-42-32(2,3)46-25)26-22-43-33(4,5)47-26)39-31(38-29)41(27-23-44-34(6,7)48-27)28-24-45-35(8,9)49-28/h25-28H,10-24H2,1-9H3,(H,36,37,38,39). The van der Waals surface area contributed by atoms with Gasteiger partial charge in [0.1, 0.15) is 0 Å². The van der Waals surface area contributed by atoms with E-state index in [1.807, 2.05) is 65.2 Å². The third kappa shape index (κ3) is 10.8. The molecule has 14 heteroatoms. The van der Waals surface area contributed by atoms with Crippen LogP contribution in [-0.4, -0.2) is 96.0 Å². The van der Waals surface area contributed by atoms with Gasteiger partial charge in [-0.15, -0.1) is 0 Å². The lowest BCUT2D eigenvalue weighted by Gasteiger charge is -2.35. The van der Waals surface area contributed by atoms with Crippen molar-refractivity contribution in [2.45, 2.75) is 175 Å². The van der Waals surface area contributed by atoms with Gasteiger partial charge in [-0.1, -0.05) is 64.7 Å². The van der Waals surface area contributed by atoms with Crippen molar-refractivity contribution in [2.75, 3.05) is 48.1 Å². The third-order valence-corrected chi connectivity index (χ3v) is 9.10. The average Bonchev–Trinajstić information content (AvgIpc) is 3.77. The van der Waals surface area contributed by atoms with E-state index in [0.29, 0.717) is 44.3 Å². The van der Waals surface area contributed by atoms with E-state index in [2.05, 4.69) is 12.2 Å². The van der Waals surface area contributed by atoms with Crippen LogP contribution < -0.4 is 15.1 Å². The Morgan fingerprint density at radius 2 is 0.837 bits per heavy atom. The highest BCUT2D eigenvalue weighted by atomic mass is 16.8. The van der Waals surface area contributed by atoms with Gasteiger partial charge in [0.25, 0.3) is 0 Å². The van der Waals surface area contributed by atoms with Crippen molar-refractivity contribution < 1.29 is 37.9 Å². The zero-order valence-electron chi connectivity index (χ0n) is 31.4. The summed E-state index contributed by atoms with van der Waals surface area (Å²) in [6.07, 6.45) is 10.5. The minimum atomic E-state index is -0.794. The molecule has 5 rings (SSSR count). The second-order valence-electron chi connectivity index (χ2n) is 15.3. The first kappa shape index (κ1) is 38.3. The maximum Gasteiger partial charge on any atom is 0.236 e. The summed E-state index contributed by atoms with van der Waals surface area (Å²) < 4.78 is 49.4. The van der Waals surface area contributed by atoms with Gasteiger partial charge in [-0.2, -0.15) is 15.0 Å². The molecule has 4 aliphatic rings. The number of ether oxygens (including phenoxy) is 8. The minimum Gasteiger partial charge on any atom is -0.354 e. The molecule has 1 aromatic heterocycles. The SMILES string of the molecule is CCCCCCCCCCCCNc1nc(N(C2COC(C)(C)O2)C2COC(C)(C)O2)nc(N(C2COC(C)(C)O2)C2COC(C)(C)O2)n1. The summed E-state index contributed by atoms with van der Waals surface area (Å²) in [6, 6.07) is 0. The number of hydrogen-bond donors (Lipinski definition) is 1. The van der Waals surface area contributed by atoms with E-state index >= 15 is 0 Å². The summed E-state index contributed by atoms with van der Waals surface area (Å²) in [6.45, 7) is 19.3. The lowest BCUT2D eigenvalue weighted by molar-refractivity contribution is -0.153. The molecule has 0 radical (unpaired) electrons. The van der Waals surface area contributed by atoms with Crippen LogP contribution in [0, 0.1) is 0 Å². The zero-order chi connectivity index (χ0) is 35.3. The normalized spacial score (nSPS) is 28.3. The number of hydrogen-bond acceptors (Lipinski definition) is 14. The topological polar surface area (TPSA) is 131 Å². The molecule has 0 bridgehead atoms. The largest absolute Gasteiger partial charge is 0.354 e. The number of nitrogens with zero attached hydrogens (tertiary/aromatic N) is 5. The van der Waals surface area contributed by atoms with Crippen LogP contribution in [0.4, 0.5) is 17.8 Å². The fraction of sp³-hybridized carbons (Fsp3) is 0.914. The van der Waals surface area contributed by atoms with Gasteiger partial charge in [-0.25, -0.2) is 0 Å². The fourth-order valence-corrected chi connectivity index (χ4v) is 6.58. The molecule has 49 heavy (non-hydrogen) atoms. The van der Waals surface area contributed by atoms with E-state index in [0.717, 1.165) is 19.4 Å². The highest BCUT2D eigenvalue weighted by Crippen LogP contribution is 2.37. The molecule has 0 aliphatic carbocycles. The second kappa shape index (κ2) is 16.2. The van der Waals surface area contributed by atoms with Crippen LogP contribution in [0.15, 0.2) is 0 Å². The predicted molar refractivity (Wildman–Crippen MR) is 185 cm³/mol. The van der Waals surface area contributed by atoms with Crippen molar-refractivity contribution in [3.8, 4) is 0 Å². The maximum atomic E-state index is 6.36. The Kier molecular flexibility index (Phi) is 12.7. The number of unbranched alkanes of at least 4 members (excludes halogenated alkanes) is 9. The van der Waals surface area contributed by atoms with Crippen molar-refractivity contribution in [3.63, 3.8) is 0 Å². The summed E-state index contributed by atoms with van der Waals surface area (Å²) >= 11 is 0. The van der Waals surface area contributed by atoms with Crippen LogP contribution in [0.5, 0.6) is 0 Å². The molecule has 4 unspecified atom stereocenters. The predicted octanol–water partition coefficient (Wildman–Crippen LogP) is 6.25. The van der Waals surface area contributed by atoms with Gasteiger partial charge < -0.3 is 43.2 Å². The van der Waals surface area contributed by atoms with E-state index in [4.69, 9.17) is 52.8 Å². The van der Waals surface area contributed by atoms with Gasteiger partial charge in [0.2, 0.25) is 17.8 Å². The van der Waals surface area contributed by atoms with Crippen LogP contribution in [0.25, 0.3) is 0 Å². The fourth-order valence-electron chi connectivity index (χ4n) is 6.58. The van der Waals surface area contributed by atoms with Crippen molar-refractivity contribution in [1.29, 1.82) is 0 Å². The quantitative estimate of drug-likeness (QED) is 0.174. The molecule has 4 aliphatic heterocycles. The van der Waals surface area contributed by atoms with Gasteiger partial charge in [-0.05, 0) is 61.8 Å². The Hall–Kier alpha value is -1.91. The molecule has 0 saturated carbocycles. The van der Waals surface area contributed by atoms with E-state index in [9.17, 15) is 0 Å². The van der Waals surface area contributed by atoms with E-state index in [-0.39, 0.29) is 0 Å². The molecule has 4 atom stereocenters. The molecule has 0 amide bonds. The second-order valence-corrected chi connectivity index (χ2v) is 15.3. The molecular formula is C35H62N6O8. The molecule has 1 N–H and O–H groups in total. The van der Waals surface area contributed by atoms with Crippen LogP contribution in [0.2, 0.25) is 0 Å². The first-order chi connectivity index (χ1) is 23.2. The number of anilines is 3. The average molecular weight is 695 g/mol. The molecule has 4 fully saturated rings. The molecule has 0 aromatic carbocycles. The van der Waals surface area contributed by atoms with Crippen molar-refractivity contribution in [1.82, 2.24) is 15.0 Å². The monoisotopic (exact) mass is 694 g/mol. The molecule has 0 spiro atoms. The number of aromatic nitrogens is 3. The maximum absolute atomic E-state index is 6.36. The summed E-state index contributed by atoms with van der Waals surface area (Å²) in [5.74, 6) is -2.03. The molecule has 1 aromatic rings. The third-order valence-electron chi connectivity index (χ3n) is 9.10. The van der Waals surface area contributed by atoms with Crippen molar-refractivity contribution >= 4 is 17.8 Å². The van der Waals surface area contributed by atoms with Crippen molar-refractivity contribution in [2.24, 2.45) is 0 Å². The van der Waals surface area contributed by atoms with Crippen LogP contribution >= 0.6 is 0 Å². The van der Waals surface area contributed by atoms with E-state index < -0.39 is 48.1 Å². The summed E-state index contributed by atoms with van der Waals surface area (Å²) in [5, 5.41) is 3.48. The summed E-state index contributed by atoms with van der Waals surface area (Å²) in [7, 11) is 0. The van der Waals surface area contributed by atoms with Crippen LogP contribution in [-0.2, 0) is 37.9 Å². The number of nitrogens with one attached hydrogen (secondary N) is 1. The Bertz CT molecular complexity index is 1080. The zero-order valence-corrected chi connectivity index (χ0v) is 31.4. The van der Waals surface area contributed by atoms with E-state index in [1.165, 1.54) is 51.4 Å². The lowest BCUT2D eigenvalue weighted by Crippen LogP contribution is -2.50. The molecular weight excluding hydrogens is 632 g/mol. The molecule has 14 nitrogen and oxygen atoms in total. The van der Waals surface area contributed by atoms with Gasteiger partial charge >= 0.3 is 0 Å². The van der Waals surface area contributed by atoms with Crippen LogP contribution in [0.3, 0.4) is 0 Å². The van der Waals surface area contributed by atoms with Crippen molar-refractivity contribution in [3.05, 3.63) is 0 Å². The minimum absolute atomic E-state index is 0.293. The first-order valence-electron chi connectivity index (χ1n) is 18.5. The Morgan fingerprint density at radius 1 is 0.510 bits per heavy atom. The Morgan fingerprint density at radius 3 is 1.14 bits per heavy atom. The molecule has 5 heterocycles. The molecule has 4 saturated heterocycles. The first-order valence-corrected chi connectivity index (χ1v) is 18.5. The van der Waals surface area contributed by atoms with Gasteiger partial charge in [0.15, 0.2) is 48.1 Å².